The minimum atomic E-state index is -0.0498. The lowest BCUT2D eigenvalue weighted by molar-refractivity contribution is -0.156. The number of hydrogen-bond acceptors (Lipinski definition) is 2. The second-order valence-corrected chi connectivity index (χ2v) is 15.9. The first-order valence-corrected chi connectivity index (χ1v) is 23.0. The maximum atomic E-state index is 12.0. The van der Waals surface area contributed by atoms with E-state index in [1.54, 1.807) is 0 Å². The SMILES string of the molecule is CCCCCCCCCCCCCCCCCCC/C=C/C/C=C1/OC(=O)C1C/C=C/CCCCCCCCCCCCCCCCCCC. The molecule has 0 aliphatic carbocycles. The van der Waals surface area contributed by atoms with Crippen LogP contribution in [0.4, 0.5) is 0 Å². The maximum absolute atomic E-state index is 12.0. The second kappa shape index (κ2) is 38.9. The van der Waals surface area contributed by atoms with Gasteiger partial charge in [0.05, 0.1) is 0 Å². The van der Waals surface area contributed by atoms with Crippen LogP contribution in [0.15, 0.2) is 36.1 Å². The molecular weight excluding hydrogens is 609 g/mol. The van der Waals surface area contributed by atoms with E-state index in [0.717, 1.165) is 25.0 Å². The molecule has 1 rings (SSSR count). The zero-order chi connectivity index (χ0) is 35.8. The van der Waals surface area contributed by atoms with Crippen molar-refractivity contribution in [3.63, 3.8) is 0 Å². The number of ether oxygens (including phenoxy) is 1. The Morgan fingerprint density at radius 3 is 1.02 bits per heavy atom. The van der Waals surface area contributed by atoms with Crippen molar-refractivity contribution in [2.24, 2.45) is 5.92 Å². The zero-order valence-electron chi connectivity index (χ0n) is 34.2. The molecule has 0 saturated carbocycles. The molecule has 1 saturated heterocycles. The molecule has 0 spiro atoms. The molecule has 1 heterocycles. The predicted molar refractivity (Wildman–Crippen MR) is 223 cm³/mol. The summed E-state index contributed by atoms with van der Waals surface area (Å²) in [7, 11) is 0. The van der Waals surface area contributed by atoms with E-state index in [0.29, 0.717) is 0 Å². The van der Waals surface area contributed by atoms with Gasteiger partial charge in [-0.3, -0.25) is 4.79 Å². The molecule has 2 heteroatoms. The third-order valence-corrected chi connectivity index (χ3v) is 11.0. The summed E-state index contributed by atoms with van der Waals surface area (Å²) in [5, 5.41) is 0. The maximum Gasteiger partial charge on any atom is 0.322 e. The van der Waals surface area contributed by atoms with Crippen LogP contribution < -0.4 is 0 Å². The topological polar surface area (TPSA) is 26.3 Å². The van der Waals surface area contributed by atoms with E-state index >= 15 is 0 Å². The number of carbonyl (C=O) groups is 1. The third-order valence-electron chi connectivity index (χ3n) is 11.0. The minimum Gasteiger partial charge on any atom is -0.430 e. The molecule has 0 N–H and O–H groups in total. The standard InChI is InChI=1S/C48H88O2/c1-3-5-7-9-11-13-15-17-19-21-23-25-27-29-31-33-35-37-39-41-43-45-47-46(48(49)50-47)44-42-40-38-36-34-32-30-28-26-24-22-20-18-16-14-12-10-8-6-4-2/h39-42,45-46H,3-38,43-44H2,1-2H3/b41-39+,42-40+,47-45+. The van der Waals surface area contributed by atoms with Gasteiger partial charge in [-0.2, -0.15) is 0 Å². The van der Waals surface area contributed by atoms with Gasteiger partial charge in [-0.15, -0.1) is 0 Å². The van der Waals surface area contributed by atoms with Gasteiger partial charge in [0.25, 0.3) is 0 Å². The van der Waals surface area contributed by atoms with Crippen molar-refractivity contribution < 1.29 is 9.53 Å². The number of hydrogen-bond donors (Lipinski definition) is 0. The van der Waals surface area contributed by atoms with E-state index in [1.165, 1.54) is 225 Å². The van der Waals surface area contributed by atoms with Crippen molar-refractivity contribution in [1.82, 2.24) is 0 Å². The van der Waals surface area contributed by atoms with Gasteiger partial charge in [0.2, 0.25) is 0 Å². The van der Waals surface area contributed by atoms with Crippen molar-refractivity contribution in [1.29, 1.82) is 0 Å². The fourth-order valence-electron chi connectivity index (χ4n) is 7.44. The summed E-state index contributed by atoms with van der Waals surface area (Å²) < 4.78 is 5.34. The summed E-state index contributed by atoms with van der Waals surface area (Å²) in [5.74, 6) is 0.798. The molecule has 0 aromatic carbocycles. The second-order valence-electron chi connectivity index (χ2n) is 15.9. The Balaban J connectivity index is 1.84. The molecule has 1 unspecified atom stereocenters. The van der Waals surface area contributed by atoms with Gasteiger partial charge in [-0.05, 0) is 44.6 Å². The van der Waals surface area contributed by atoms with E-state index in [4.69, 9.17) is 4.74 Å². The van der Waals surface area contributed by atoms with E-state index in [-0.39, 0.29) is 11.9 Å². The van der Waals surface area contributed by atoms with E-state index < -0.39 is 0 Å². The molecule has 0 bridgehead atoms. The van der Waals surface area contributed by atoms with Gasteiger partial charge < -0.3 is 4.74 Å². The van der Waals surface area contributed by atoms with Gasteiger partial charge in [-0.1, -0.05) is 244 Å². The summed E-state index contributed by atoms with van der Waals surface area (Å²) in [6.45, 7) is 4.60. The molecular formula is C48H88O2. The quantitative estimate of drug-likeness (QED) is 0.0362. The van der Waals surface area contributed by atoms with Gasteiger partial charge in [0.15, 0.2) is 0 Å². The predicted octanol–water partition coefficient (Wildman–Crippen LogP) is 17.0. The summed E-state index contributed by atoms with van der Waals surface area (Å²) in [6.07, 6.45) is 63.5. The van der Waals surface area contributed by atoms with Crippen LogP contribution in [-0.4, -0.2) is 5.97 Å². The monoisotopic (exact) mass is 697 g/mol. The lowest BCUT2D eigenvalue weighted by Crippen LogP contribution is -2.31. The molecule has 1 aliphatic rings. The number of rotatable bonds is 40. The summed E-state index contributed by atoms with van der Waals surface area (Å²) in [6, 6.07) is 0. The molecule has 0 aromatic rings. The van der Waals surface area contributed by atoms with Crippen LogP contribution in [0, 0.1) is 5.92 Å². The number of allylic oxidation sites excluding steroid dienone is 5. The smallest absolute Gasteiger partial charge is 0.322 e. The van der Waals surface area contributed by atoms with Crippen LogP contribution in [0.3, 0.4) is 0 Å². The van der Waals surface area contributed by atoms with Crippen molar-refractivity contribution in [2.75, 3.05) is 0 Å². The number of esters is 1. The van der Waals surface area contributed by atoms with Crippen molar-refractivity contribution in [2.45, 2.75) is 258 Å². The molecule has 0 radical (unpaired) electrons. The molecule has 292 valence electrons. The van der Waals surface area contributed by atoms with E-state index in [2.05, 4.69) is 44.2 Å². The third kappa shape index (κ3) is 31.4. The number of cyclic esters (lactones) is 1. The Hall–Kier alpha value is -1.31. The fourth-order valence-corrected chi connectivity index (χ4v) is 7.44. The molecule has 50 heavy (non-hydrogen) atoms. The van der Waals surface area contributed by atoms with Gasteiger partial charge >= 0.3 is 5.97 Å². The summed E-state index contributed by atoms with van der Waals surface area (Å²) in [4.78, 5) is 12.0. The fraction of sp³-hybridized carbons (Fsp3) is 0.854. The van der Waals surface area contributed by atoms with Crippen LogP contribution in [-0.2, 0) is 9.53 Å². The molecule has 1 aliphatic heterocycles. The van der Waals surface area contributed by atoms with Crippen LogP contribution in [0.25, 0.3) is 0 Å². The average molecular weight is 697 g/mol. The number of carbonyl (C=O) groups excluding carboxylic acids is 1. The van der Waals surface area contributed by atoms with E-state index in [1.807, 2.05) is 0 Å². The molecule has 0 aromatic heterocycles. The van der Waals surface area contributed by atoms with Crippen molar-refractivity contribution in [3.8, 4) is 0 Å². The van der Waals surface area contributed by atoms with Crippen LogP contribution in [0.5, 0.6) is 0 Å². The van der Waals surface area contributed by atoms with Crippen molar-refractivity contribution in [3.05, 3.63) is 36.1 Å². The van der Waals surface area contributed by atoms with Crippen LogP contribution in [0.2, 0.25) is 0 Å². The summed E-state index contributed by atoms with van der Waals surface area (Å²) >= 11 is 0. The lowest BCUT2D eigenvalue weighted by atomic mass is 9.96. The van der Waals surface area contributed by atoms with Crippen LogP contribution >= 0.6 is 0 Å². The lowest BCUT2D eigenvalue weighted by Gasteiger charge is -2.26. The van der Waals surface area contributed by atoms with Gasteiger partial charge in [0.1, 0.15) is 11.7 Å². The van der Waals surface area contributed by atoms with Gasteiger partial charge in [0, 0.05) is 0 Å². The molecule has 2 nitrogen and oxygen atoms in total. The first-order valence-electron chi connectivity index (χ1n) is 23.0. The molecule has 1 fully saturated rings. The Morgan fingerprint density at radius 2 is 0.700 bits per heavy atom. The highest BCUT2D eigenvalue weighted by atomic mass is 16.6. The first kappa shape index (κ1) is 46.7. The Labute approximate surface area is 314 Å². The Bertz CT molecular complexity index is 792. The van der Waals surface area contributed by atoms with Gasteiger partial charge in [-0.25, -0.2) is 0 Å². The molecule has 0 amide bonds. The zero-order valence-corrected chi connectivity index (χ0v) is 34.2. The summed E-state index contributed by atoms with van der Waals surface area (Å²) in [5.41, 5.74) is 0. The minimum absolute atomic E-state index is 0.0414. The first-order chi connectivity index (χ1) is 24.8. The Morgan fingerprint density at radius 1 is 0.400 bits per heavy atom. The Kier molecular flexibility index (Phi) is 36.4. The van der Waals surface area contributed by atoms with E-state index in [9.17, 15) is 4.79 Å². The highest BCUT2D eigenvalue weighted by molar-refractivity contribution is 5.83. The van der Waals surface area contributed by atoms with Crippen molar-refractivity contribution >= 4 is 5.97 Å². The highest BCUT2D eigenvalue weighted by Crippen LogP contribution is 2.30. The number of unbranched alkanes of at least 4 members (excludes halogenated alkanes) is 34. The normalized spacial score (nSPS) is 15.5. The van der Waals surface area contributed by atoms with Crippen LogP contribution in [0.1, 0.15) is 258 Å². The molecule has 1 atom stereocenters. The average Bonchev–Trinajstić information content (AvgIpc) is 3.12. The highest BCUT2D eigenvalue weighted by Gasteiger charge is 2.35. The largest absolute Gasteiger partial charge is 0.430 e.